The summed E-state index contributed by atoms with van der Waals surface area (Å²) in [7, 11) is 0. The second-order valence-electron chi connectivity index (χ2n) is 2.46. The molecular weight excluding hydrogens is 176 g/mol. The van der Waals surface area contributed by atoms with Crippen molar-refractivity contribution in [1.82, 2.24) is 0 Å². The third-order valence-corrected chi connectivity index (χ3v) is 1.04. The van der Waals surface area contributed by atoms with E-state index in [1.54, 1.807) is 0 Å². The molecule has 0 rings (SSSR count). The molecule has 0 aliphatic heterocycles. The third-order valence-electron chi connectivity index (χ3n) is 1.04. The van der Waals surface area contributed by atoms with Crippen LogP contribution in [0, 0.1) is 0 Å². The molecule has 0 radical (unpaired) electrons. The van der Waals surface area contributed by atoms with E-state index >= 15 is 0 Å². The van der Waals surface area contributed by atoms with Gasteiger partial charge >= 0.3 is 43.7 Å². The molecule has 11 heavy (non-hydrogen) atoms. The molecule has 0 aromatic heterocycles. The Morgan fingerprint density at radius 1 is 1.45 bits per heavy atom. The second-order valence-corrected chi connectivity index (χ2v) is 2.46. The van der Waals surface area contributed by atoms with Crippen LogP contribution in [0.2, 0.25) is 0 Å². The van der Waals surface area contributed by atoms with Gasteiger partial charge in [0.15, 0.2) is 5.79 Å². The van der Waals surface area contributed by atoms with E-state index in [0.717, 1.165) is 0 Å². The molecule has 0 aromatic carbocycles. The molecule has 0 amide bonds. The molecule has 0 bridgehead atoms. The molecular formula is C6H14CaO4. The number of carboxylic acid groups (broad SMARTS) is 1. The minimum absolute atomic E-state index is 0. The molecule has 64 valence electrons. The van der Waals surface area contributed by atoms with Crippen molar-refractivity contribution in [2.75, 3.05) is 0 Å². The molecule has 0 saturated carbocycles. The van der Waals surface area contributed by atoms with E-state index in [1.165, 1.54) is 6.92 Å². The summed E-state index contributed by atoms with van der Waals surface area (Å²) in [6.45, 7) is 1.23. The average Bonchev–Trinajstić information content (AvgIpc) is 1.59. The molecule has 4 nitrogen and oxygen atoms in total. The van der Waals surface area contributed by atoms with E-state index in [9.17, 15) is 4.79 Å². The van der Waals surface area contributed by atoms with Crippen LogP contribution < -0.4 is 0 Å². The summed E-state index contributed by atoms with van der Waals surface area (Å²) in [6, 6.07) is 0. The Balaban J connectivity index is 0. The van der Waals surface area contributed by atoms with Gasteiger partial charge in [-0.2, -0.15) is 0 Å². The predicted molar refractivity (Wildman–Crippen MR) is 42.9 cm³/mol. The summed E-state index contributed by atoms with van der Waals surface area (Å²) >= 11 is 0. The minimum atomic E-state index is -1.73. The number of rotatable bonds is 4. The van der Waals surface area contributed by atoms with Crippen LogP contribution in [0.25, 0.3) is 0 Å². The predicted octanol–water partition coefficient (Wildman–Crippen LogP) is -0.974. The summed E-state index contributed by atoms with van der Waals surface area (Å²) < 4.78 is 0. The third kappa shape index (κ3) is 13.6. The van der Waals surface area contributed by atoms with Crippen molar-refractivity contribution >= 4 is 43.7 Å². The molecule has 3 N–H and O–H groups in total. The molecule has 0 aliphatic carbocycles. The maximum atomic E-state index is 9.92. The fourth-order valence-electron chi connectivity index (χ4n) is 0.575. The Kier molecular flexibility index (Phi) is 7.99. The first kappa shape index (κ1) is 14.2. The Hall–Kier alpha value is 0.650. The SMILES string of the molecule is CC(O)(O)CCCC(=O)O.[CaH2]. The van der Waals surface area contributed by atoms with Crippen LogP contribution in [0.5, 0.6) is 0 Å². The normalized spacial score (nSPS) is 10.5. The van der Waals surface area contributed by atoms with E-state index in [4.69, 9.17) is 15.3 Å². The van der Waals surface area contributed by atoms with E-state index < -0.39 is 11.8 Å². The zero-order valence-electron chi connectivity index (χ0n) is 5.87. The first-order valence-corrected chi connectivity index (χ1v) is 3.08. The Morgan fingerprint density at radius 2 is 1.91 bits per heavy atom. The molecule has 0 unspecified atom stereocenters. The summed E-state index contributed by atoms with van der Waals surface area (Å²) in [5.41, 5.74) is 0. The molecule has 0 heterocycles. The van der Waals surface area contributed by atoms with Crippen molar-refractivity contribution < 1.29 is 20.1 Å². The number of carboxylic acids is 1. The second kappa shape index (κ2) is 6.20. The van der Waals surface area contributed by atoms with Gasteiger partial charge in [0.25, 0.3) is 0 Å². The van der Waals surface area contributed by atoms with E-state index in [1.807, 2.05) is 0 Å². The van der Waals surface area contributed by atoms with E-state index in [-0.39, 0.29) is 50.6 Å². The van der Waals surface area contributed by atoms with Gasteiger partial charge in [-0.25, -0.2) is 0 Å². The first-order chi connectivity index (χ1) is 4.42. The molecule has 5 heteroatoms. The van der Waals surface area contributed by atoms with Gasteiger partial charge < -0.3 is 15.3 Å². The van der Waals surface area contributed by atoms with Gasteiger partial charge in [0, 0.05) is 12.8 Å². The molecule has 0 fully saturated rings. The molecule has 0 aromatic rings. The Bertz CT molecular complexity index is 118. The van der Waals surface area contributed by atoms with Crippen molar-refractivity contribution in [2.24, 2.45) is 0 Å². The van der Waals surface area contributed by atoms with Crippen molar-refractivity contribution in [3.8, 4) is 0 Å². The first-order valence-electron chi connectivity index (χ1n) is 3.08. The van der Waals surface area contributed by atoms with Crippen LogP contribution in [-0.2, 0) is 4.79 Å². The van der Waals surface area contributed by atoms with Crippen LogP contribution in [0.15, 0.2) is 0 Å². The number of carbonyl (C=O) groups is 1. The van der Waals surface area contributed by atoms with Crippen molar-refractivity contribution in [3.05, 3.63) is 0 Å². The summed E-state index contributed by atoms with van der Waals surface area (Å²) in [6.07, 6.45) is 0.370. The summed E-state index contributed by atoms with van der Waals surface area (Å²) in [5, 5.41) is 25.5. The Labute approximate surface area is 95.2 Å². The van der Waals surface area contributed by atoms with Crippen LogP contribution in [0.4, 0.5) is 0 Å². The number of aliphatic carboxylic acids is 1. The van der Waals surface area contributed by atoms with Gasteiger partial charge in [0.2, 0.25) is 0 Å². The van der Waals surface area contributed by atoms with Gasteiger partial charge in [-0.15, -0.1) is 0 Å². The topological polar surface area (TPSA) is 77.8 Å². The quantitative estimate of drug-likeness (QED) is 0.393. The summed E-state index contributed by atoms with van der Waals surface area (Å²) in [4.78, 5) is 9.92. The Morgan fingerprint density at radius 3 is 2.18 bits per heavy atom. The molecule has 0 saturated heterocycles. The number of hydrogen-bond acceptors (Lipinski definition) is 3. The number of hydrogen-bond donors (Lipinski definition) is 3. The summed E-state index contributed by atoms with van der Waals surface area (Å²) in [5.74, 6) is -2.64. The molecule has 0 spiro atoms. The van der Waals surface area contributed by atoms with Crippen LogP contribution in [0.3, 0.4) is 0 Å². The molecule has 0 aliphatic rings. The standard InChI is InChI=1S/C6H12O4.Ca.2H/c1-6(9,10)4-2-3-5(7)8;;;/h9-10H,2-4H2,1H3,(H,7,8);;;. The zero-order chi connectivity index (χ0) is 8.20. The van der Waals surface area contributed by atoms with Gasteiger partial charge in [-0.05, 0) is 13.3 Å². The zero-order valence-corrected chi connectivity index (χ0v) is 5.87. The van der Waals surface area contributed by atoms with Crippen molar-refractivity contribution in [3.63, 3.8) is 0 Å². The van der Waals surface area contributed by atoms with Crippen molar-refractivity contribution in [1.29, 1.82) is 0 Å². The van der Waals surface area contributed by atoms with E-state index in [0.29, 0.717) is 6.42 Å². The van der Waals surface area contributed by atoms with E-state index in [2.05, 4.69) is 0 Å². The van der Waals surface area contributed by atoms with Crippen LogP contribution in [-0.4, -0.2) is 64.8 Å². The van der Waals surface area contributed by atoms with Crippen molar-refractivity contribution in [2.45, 2.75) is 32.0 Å². The fraction of sp³-hybridized carbons (Fsp3) is 0.833. The average molecular weight is 190 g/mol. The maximum absolute atomic E-state index is 9.92. The van der Waals surface area contributed by atoms with Crippen LogP contribution >= 0.6 is 0 Å². The van der Waals surface area contributed by atoms with Gasteiger partial charge in [0.1, 0.15) is 0 Å². The van der Waals surface area contributed by atoms with Crippen LogP contribution in [0.1, 0.15) is 26.2 Å². The molecule has 0 atom stereocenters. The fourth-order valence-corrected chi connectivity index (χ4v) is 0.575. The monoisotopic (exact) mass is 190 g/mol. The van der Waals surface area contributed by atoms with Gasteiger partial charge in [0.05, 0.1) is 0 Å². The van der Waals surface area contributed by atoms with Gasteiger partial charge in [-0.1, -0.05) is 0 Å². The number of aliphatic hydroxyl groups is 2. The van der Waals surface area contributed by atoms with Gasteiger partial charge in [-0.3, -0.25) is 4.79 Å².